The SMILES string of the molecule is C.CC12CC3(C)OC(C)(CC(C)(O1)P3c1ccccc1)O2.COc1c(-c2ccc3cc(O)ccc3c2)cc(-n2ccc(=O)[nH]c2=O)cc1C(C)(C)C.COc1c(I)cc(-n2ccc(=O)[nH]c2=O)cc1C(C)(C)C.OB(O)c1ccc2cc(O)ccc2c1. The average Bonchev–Trinajstić information content (AvgIpc) is 0.698. The molecule has 4 saturated heterocycles. The van der Waals surface area contributed by atoms with Crippen LogP contribution in [-0.4, -0.2) is 83.0 Å². The van der Waals surface area contributed by atoms with Crippen LogP contribution < -0.4 is 42.7 Å². The predicted molar refractivity (Wildman–Crippen MR) is 354 cm³/mol. The molecule has 4 atom stereocenters. The molecule has 4 aliphatic rings. The second-order valence-electron chi connectivity index (χ2n) is 24.4. The van der Waals surface area contributed by atoms with E-state index in [1.165, 1.54) is 39.0 Å². The lowest BCUT2D eigenvalue weighted by molar-refractivity contribution is -0.467. The summed E-state index contributed by atoms with van der Waals surface area (Å²) >= 11 is 2.18. The van der Waals surface area contributed by atoms with Gasteiger partial charge in [0.15, 0.2) is 11.6 Å². The summed E-state index contributed by atoms with van der Waals surface area (Å²) < 4.78 is 34.0. The Kier molecular flexibility index (Phi) is 18.9. The standard InChI is InChI=1S/C25H24N2O4.C16H21O3P.C15H17IN2O3.C10H9BO3.CH4/c1-25(2,3)21-14-18(27-10-9-22(29)26-24(27)30)13-20(23(21)31-4)17-6-5-16-12-19(28)8-7-15(16)11-17;1-13-10-15(3)19-14(2,17-13)11-16(4,18-13)20(15)12-8-6-5-7-9-12;1-15(2,3)10-7-9(8-11(16)13(10)21-4)18-6-5-12(19)17-14(18)20;12-10-4-2-7-5-9(11(13)14)3-1-8(7)6-10;/h5-14,28H,1-4H3,(H,26,29,30);5-9H,10-11H2,1-4H3;5-8H,1-4H3,(H,17,19,20);1-6,12-14H;1H4. The first kappa shape index (κ1) is 65.6. The minimum absolute atomic E-state index is 0. The number of phenols is 2. The lowest BCUT2D eigenvalue weighted by Crippen LogP contribution is -2.72. The van der Waals surface area contributed by atoms with Gasteiger partial charge in [-0.2, -0.15) is 0 Å². The van der Waals surface area contributed by atoms with Gasteiger partial charge in [0.1, 0.15) is 23.0 Å². The molecule has 6 N–H and O–H groups in total. The Morgan fingerprint density at radius 1 is 0.563 bits per heavy atom. The van der Waals surface area contributed by atoms with Crippen molar-refractivity contribution >= 4 is 69.9 Å². The van der Waals surface area contributed by atoms with E-state index in [0.29, 0.717) is 16.8 Å². The van der Waals surface area contributed by atoms with E-state index in [2.05, 4.69) is 132 Å². The maximum atomic E-state index is 12.5. The molecule has 0 amide bonds. The summed E-state index contributed by atoms with van der Waals surface area (Å²) in [7, 11) is 1.27. The molecule has 0 spiro atoms. The molecular weight excluding hydrogens is 1240 g/mol. The lowest BCUT2D eigenvalue weighted by atomic mass is 9.79. The van der Waals surface area contributed by atoms with E-state index in [4.69, 9.17) is 33.7 Å². The zero-order valence-corrected chi connectivity index (χ0v) is 53.2. The normalized spacial score (nSPS) is 20.8. The fourth-order valence-corrected chi connectivity index (χ4v) is 16.8. The summed E-state index contributed by atoms with van der Waals surface area (Å²) in [6.07, 6.45) is 4.55. The molecule has 87 heavy (non-hydrogen) atoms. The van der Waals surface area contributed by atoms with Gasteiger partial charge in [0.05, 0.1) is 39.8 Å². The van der Waals surface area contributed by atoms with Crippen molar-refractivity contribution in [3.63, 3.8) is 0 Å². The second kappa shape index (κ2) is 25.0. The Bertz CT molecular complexity index is 4220. The van der Waals surface area contributed by atoms with Crippen LogP contribution in [0.1, 0.15) is 101 Å². The molecule has 13 rings (SSSR count). The van der Waals surface area contributed by atoms with Gasteiger partial charge in [-0.3, -0.25) is 28.7 Å². The van der Waals surface area contributed by atoms with Crippen LogP contribution in [0, 0.1) is 3.57 Å². The van der Waals surface area contributed by atoms with Gasteiger partial charge in [-0.05, 0) is 162 Å². The smallest absolute Gasteiger partial charge is 0.488 e. The number of H-pyrrole nitrogens is 2. The molecule has 0 radical (unpaired) electrons. The van der Waals surface area contributed by atoms with Gasteiger partial charge in [-0.1, -0.05) is 122 Å². The third-order valence-corrected chi connectivity index (χ3v) is 19.2. The Morgan fingerprint density at radius 3 is 1.48 bits per heavy atom. The summed E-state index contributed by atoms with van der Waals surface area (Å²) in [5.41, 5.74) is 3.27. The van der Waals surface area contributed by atoms with Gasteiger partial charge < -0.3 is 43.9 Å². The van der Waals surface area contributed by atoms with E-state index in [-0.39, 0.29) is 40.4 Å². The lowest BCUT2D eigenvalue weighted by Gasteiger charge is -2.69. The van der Waals surface area contributed by atoms with Crippen LogP contribution in [0.2, 0.25) is 0 Å². The molecule has 4 unspecified atom stereocenters. The zero-order valence-electron chi connectivity index (χ0n) is 50.1. The van der Waals surface area contributed by atoms with Gasteiger partial charge in [-0.25, -0.2) is 9.59 Å². The largest absolute Gasteiger partial charge is 0.508 e. The zero-order chi connectivity index (χ0) is 62.5. The van der Waals surface area contributed by atoms with E-state index >= 15 is 0 Å². The number of halogens is 1. The maximum absolute atomic E-state index is 12.5. The first-order valence-corrected chi connectivity index (χ1v) is 30.3. The highest BCUT2D eigenvalue weighted by molar-refractivity contribution is 14.1. The molecule has 2 aromatic heterocycles. The number of rotatable bonds is 7. The number of aromatic amines is 2. The number of nitrogens with one attached hydrogen (secondary N) is 2. The van der Waals surface area contributed by atoms with Crippen molar-refractivity contribution in [1.82, 2.24) is 19.1 Å². The van der Waals surface area contributed by atoms with Crippen molar-refractivity contribution in [3.05, 3.63) is 208 Å². The highest BCUT2D eigenvalue weighted by atomic mass is 127. The molecule has 4 bridgehead atoms. The molecule has 6 heterocycles. The summed E-state index contributed by atoms with van der Waals surface area (Å²) in [5.74, 6) is 0.934. The topological polar surface area (TPSA) is 237 Å². The summed E-state index contributed by atoms with van der Waals surface area (Å²) in [6.45, 7) is 21.1. The van der Waals surface area contributed by atoms with Gasteiger partial charge in [0.2, 0.25) is 0 Å². The first-order chi connectivity index (χ1) is 40.3. The molecular formula is C67H75BIN4O13P. The minimum atomic E-state index is -1.45. The van der Waals surface area contributed by atoms with Crippen molar-refractivity contribution in [2.24, 2.45) is 0 Å². The van der Waals surface area contributed by atoms with E-state index in [1.54, 1.807) is 62.8 Å². The Morgan fingerprint density at radius 2 is 1.01 bits per heavy atom. The Balaban J connectivity index is 0.000000156. The second-order valence-corrected chi connectivity index (χ2v) is 28.6. The van der Waals surface area contributed by atoms with E-state index < -0.39 is 49.1 Å². The third kappa shape index (κ3) is 14.2. The van der Waals surface area contributed by atoms with Crippen LogP contribution in [0.25, 0.3) is 44.0 Å². The van der Waals surface area contributed by atoms with Gasteiger partial charge in [-0.15, -0.1) is 0 Å². The van der Waals surface area contributed by atoms with E-state index in [0.717, 1.165) is 71.7 Å². The first-order valence-electron chi connectivity index (χ1n) is 27.9. The quantitative estimate of drug-likeness (QED) is 0.0495. The molecule has 0 saturated carbocycles. The predicted octanol–water partition coefficient (Wildman–Crippen LogP) is 11.2. The van der Waals surface area contributed by atoms with Crippen molar-refractivity contribution in [2.45, 2.75) is 123 Å². The van der Waals surface area contributed by atoms with Gasteiger partial charge >= 0.3 is 18.5 Å². The number of nitrogens with zero attached hydrogens (tertiary/aromatic N) is 2. The number of fused-ring (bicyclic) bond motifs is 2. The minimum Gasteiger partial charge on any atom is -0.508 e. The molecule has 4 aliphatic heterocycles. The van der Waals surface area contributed by atoms with Crippen LogP contribution >= 0.6 is 30.5 Å². The van der Waals surface area contributed by atoms with Crippen LogP contribution in [0.4, 0.5) is 0 Å². The monoisotopic (exact) mass is 1310 g/mol. The summed E-state index contributed by atoms with van der Waals surface area (Å²) in [4.78, 5) is 51.7. The number of hydrogen-bond donors (Lipinski definition) is 6. The van der Waals surface area contributed by atoms with Gasteiger partial charge in [0, 0.05) is 54.1 Å². The molecule has 0 aliphatic carbocycles. The van der Waals surface area contributed by atoms with Crippen molar-refractivity contribution in [2.75, 3.05) is 14.2 Å². The van der Waals surface area contributed by atoms with Crippen LogP contribution in [0.15, 0.2) is 171 Å². The summed E-state index contributed by atoms with van der Waals surface area (Å²) in [5, 5.41) is 41.5. The molecule has 7 aromatic carbocycles. The number of hydrogen-bond acceptors (Lipinski definition) is 13. The van der Waals surface area contributed by atoms with E-state index in [9.17, 15) is 29.4 Å². The number of aromatic nitrogens is 4. The highest BCUT2D eigenvalue weighted by Gasteiger charge is 2.71. The molecule has 4 fully saturated rings. The number of aromatic hydroxyl groups is 2. The van der Waals surface area contributed by atoms with Crippen molar-refractivity contribution in [3.8, 4) is 45.5 Å². The number of methoxy groups -OCH3 is 2. The molecule has 17 nitrogen and oxygen atoms in total. The molecule has 20 heteroatoms. The fraction of sp³-hybridized carbons (Fsp3) is 0.313. The maximum Gasteiger partial charge on any atom is 0.488 e. The number of ether oxygens (including phenoxy) is 5. The Hall–Kier alpha value is -7.36. The number of phenolic OH excluding ortho intramolecular Hbond substituents is 2. The van der Waals surface area contributed by atoms with Crippen LogP contribution in [-0.2, 0) is 25.0 Å². The molecule has 9 aromatic rings. The van der Waals surface area contributed by atoms with E-state index in [1.807, 2.05) is 48.5 Å². The molecule has 456 valence electrons. The van der Waals surface area contributed by atoms with Crippen LogP contribution in [0.5, 0.6) is 23.0 Å². The highest BCUT2D eigenvalue weighted by Crippen LogP contribution is 2.75. The van der Waals surface area contributed by atoms with Crippen molar-refractivity contribution in [1.29, 1.82) is 0 Å². The van der Waals surface area contributed by atoms with Gasteiger partial charge in [0.25, 0.3) is 11.1 Å². The number of benzene rings is 7. The van der Waals surface area contributed by atoms with Crippen molar-refractivity contribution < 1.29 is 43.9 Å². The Labute approximate surface area is 520 Å². The van der Waals surface area contributed by atoms with Crippen LogP contribution in [0.3, 0.4) is 0 Å². The third-order valence-electron chi connectivity index (χ3n) is 15.2. The summed E-state index contributed by atoms with van der Waals surface area (Å²) in [6, 6.07) is 42.1. The fourth-order valence-electron chi connectivity index (χ4n) is 12.0. The average molecular weight is 1310 g/mol.